The third-order valence-electron chi connectivity index (χ3n) is 3.49. The number of aromatic amines is 1. The van der Waals surface area contributed by atoms with Gasteiger partial charge in [0, 0.05) is 5.69 Å². The van der Waals surface area contributed by atoms with Crippen molar-refractivity contribution in [3.8, 4) is 11.5 Å². The van der Waals surface area contributed by atoms with Gasteiger partial charge in [0.2, 0.25) is 0 Å². The third-order valence-corrected chi connectivity index (χ3v) is 4.30. The van der Waals surface area contributed by atoms with Crippen LogP contribution >= 0.6 is 0 Å². The van der Waals surface area contributed by atoms with E-state index in [4.69, 9.17) is 9.29 Å². The molecular weight excluding hydrogens is 397 g/mol. The number of nitrogens with one attached hydrogen (secondary N) is 1. The van der Waals surface area contributed by atoms with Crippen LogP contribution in [0.2, 0.25) is 0 Å². The zero-order valence-electron chi connectivity index (χ0n) is 16.5. The molecule has 0 aliphatic heterocycles. The number of ether oxygens (including phenoxy) is 1. The van der Waals surface area contributed by atoms with Crippen LogP contribution in [0.5, 0.6) is 11.5 Å². The standard InChI is InChI=1S/C18H19NO7S.Na.H/c1-12-10-16(21)17(18(22)19-12)15(20)7-6-13-4-2-5-14(11-13)26-8-3-9-27(23,24)25;;/h2,4-7,10-11H,3,8-9H2,1H3,(H2,19,21,22)(H,23,24,25);;/q;+1;-1. The molecule has 0 spiro atoms. The first kappa shape index (κ1) is 24.1. The summed E-state index contributed by atoms with van der Waals surface area (Å²) in [6.45, 7) is 1.69. The van der Waals surface area contributed by atoms with Crippen molar-refractivity contribution < 1.29 is 58.6 Å². The van der Waals surface area contributed by atoms with Gasteiger partial charge in [0.1, 0.15) is 17.1 Å². The van der Waals surface area contributed by atoms with Crippen molar-refractivity contribution in [1.29, 1.82) is 0 Å². The van der Waals surface area contributed by atoms with E-state index in [0.29, 0.717) is 17.0 Å². The molecule has 0 saturated heterocycles. The van der Waals surface area contributed by atoms with Crippen molar-refractivity contribution in [2.24, 2.45) is 0 Å². The number of hydrogen-bond acceptors (Lipinski definition) is 6. The van der Waals surface area contributed by atoms with Crippen molar-refractivity contribution in [3.63, 3.8) is 0 Å². The van der Waals surface area contributed by atoms with E-state index >= 15 is 0 Å². The second kappa shape index (κ2) is 10.6. The molecule has 0 atom stereocenters. The third kappa shape index (κ3) is 7.61. The summed E-state index contributed by atoms with van der Waals surface area (Å²) in [5.74, 6) is -0.971. The number of allylic oxidation sites excluding steroid dienone is 1. The molecule has 0 radical (unpaired) electrons. The van der Waals surface area contributed by atoms with E-state index in [1.54, 1.807) is 31.2 Å². The van der Waals surface area contributed by atoms with Crippen LogP contribution in [0.15, 0.2) is 41.2 Å². The Hall–Kier alpha value is -1.91. The predicted octanol–water partition coefficient (Wildman–Crippen LogP) is -0.942. The first-order chi connectivity index (χ1) is 12.7. The SMILES string of the molecule is Cc1cc(O)c(C(=O)C=Cc2cccc(OCCCS(=O)(=O)O)c2)c(=O)[nH]1.[H-].[Na+]. The second-order valence-electron chi connectivity index (χ2n) is 5.80. The van der Waals surface area contributed by atoms with Crippen LogP contribution in [0.1, 0.15) is 29.5 Å². The van der Waals surface area contributed by atoms with E-state index in [9.17, 15) is 23.1 Å². The average Bonchev–Trinajstić information content (AvgIpc) is 2.55. The van der Waals surface area contributed by atoms with E-state index in [1.165, 1.54) is 12.1 Å². The smallest absolute Gasteiger partial charge is 1.00 e. The number of H-pyrrole nitrogens is 1. The van der Waals surface area contributed by atoms with E-state index in [2.05, 4.69) is 4.98 Å². The number of aromatic hydroxyl groups is 1. The number of aromatic nitrogens is 1. The number of ketones is 1. The van der Waals surface area contributed by atoms with E-state index < -0.39 is 27.2 Å². The number of carbonyl (C=O) groups is 1. The van der Waals surface area contributed by atoms with Crippen LogP contribution in [0.4, 0.5) is 0 Å². The van der Waals surface area contributed by atoms with E-state index in [0.717, 1.165) is 6.08 Å². The van der Waals surface area contributed by atoms with Crippen molar-refractivity contribution in [2.75, 3.05) is 12.4 Å². The summed E-state index contributed by atoms with van der Waals surface area (Å²) < 4.78 is 35.3. The maximum atomic E-state index is 12.2. The number of benzene rings is 1. The first-order valence-corrected chi connectivity index (χ1v) is 9.60. The number of carbonyl (C=O) groups excluding carboxylic acids is 1. The van der Waals surface area contributed by atoms with Gasteiger partial charge < -0.3 is 16.3 Å². The largest absolute Gasteiger partial charge is 1.00 e. The molecule has 2 aromatic rings. The van der Waals surface area contributed by atoms with Gasteiger partial charge in [0.15, 0.2) is 5.78 Å². The Bertz CT molecular complexity index is 1030. The summed E-state index contributed by atoms with van der Waals surface area (Å²) in [6.07, 6.45) is 2.76. The molecule has 0 aliphatic carbocycles. The molecule has 1 aromatic heterocycles. The van der Waals surface area contributed by atoms with Crippen molar-refractivity contribution >= 4 is 22.0 Å². The van der Waals surface area contributed by atoms with Gasteiger partial charge in [-0.25, -0.2) is 0 Å². The Morgan fingerprint density at radius 2 is 2.04 bits per heavy atom. The molecular formula is C18H20NNaO7S. The number of hydrogen-bond donors (Lipinski definition) is 3. The molecule has 0 unspecified atom stereocenters. The zero-order chi connectivity index (χ0) is 20.0. The first-order valence-electron chi connectivity index (χ1n) is 7.99. The quantitative estimate of drug-likeness (QED) is 0.166. The van der Waals surface area contributed by atoms with Crippen molar-refractivity contribution in [2.45, 2.75) is 13.3 Å². The molecule has 3 N–H and O–H groups in total. The average molecular weight is 417 g/mol. The Balaban J connectivity index is 0.00000392. The Kier molecular flexibility index (Phi) is 9.12. The molecule has 10 heteroatoms. The van der Waals surface area contributed by atoms with Gasteiger partial charge in [-0.1, -0.05) is 18.2 Å². The molecule has 1 heterocycles. The van der Waals surface area contributed by atoms with Crippen molar-refractivity contribution in [1.82, 2.24) is 4.98 Å². The van der Waals surface area contributed by atoms with Gasteiger partial charge in [-0.05, 0) is 43.2 Å². The number of aryl methyl sites for hydroxylation is 1. The normalized spacial score (nSPS) is 11.2. The molecule has 0 aliphatic rings. The van der Waals surface area contributed by atoms with E-state index in [-0.39, 0.29) is 55.3 Å². The molecule has 2 rings (SSSR count). The van der Waals surface area contributed by atoms with Gasteiger partial charge in [-0.2, -0.15) is 8.42 Å². The minimum atomic E-state index is -4.02. The number of rotatable bonds is 8. The maximum absolute atomic E-state index is 12.2. The monoisotopic (exact) mass is 417 g/mol. The summed E-state index contributed by atoms with van der Waals surface area (Å²) in [5, 5.41) is 9.81. The van der Waals surface area contributed by atoms with E-state index in [1.807, 2.05) is 0 Å². The van der Waals surface area contributed by atoms with Crippen LogP contribution in [-0.4, -0.2) is 41.2 Å². The molecule has 28 heavy (non-hydrogen) atoms. The van der Waals surface area contributed by atoms with Crippen LogP contribution in [-0.2, 0) is 10.1 Å². The zero-order valence-corrected chi connectivity index (χ0v) is 18.3. The summed E-state index contributed by atoms with van der Waals surface area (Å²) in [5.41, 5.74) is 0.0445. The molecule has 0 amide bonds. The van der Waals surface area contributed by atoms with Crippen molar-refractivity contribution in [3.05, 3.63) is 63.6 Å². The van der Waals surface area contributed by atoms with Crippen LogP contribution in [0.3, 0.4) is 0 Å². The molecule has 146 valence electrons. The second-order valence-corrected chi connectivity index (χ2v) is 7.37. The van der Waals surface area contributed by atoms with Crippen LogP contribution in [0, 0.1) is 6.92 Å². The molecule has 8 nitrogen and oxygen atoms in total. The van der Waals surface area contributed by atoms with Gasteiger partial charge in [-0.3, -0.25) is 14.1 Å². The fourth-order valence-electron chi connectivity index (χ4n) is 2.30. The maximum Gasteiger partial charge on any atom is 1.00 e. The van der Waals surface area contributed by atoms with Gasteiger partial charge in [0.05, 0.1) is 12.4 Å². The van der Waals surface area contributed by atoms with Crippen LogP contribution < -0.4 is 39.9 Å². The van der Waals surface area contributed by atoms with Gasteiger partial charge in [0.25, 0.3) is 15.7 Å². The molecule has 0 bridgehead atoms. The van der Waals surface area contributed by atoms with Crippen LogP contribution in [0.25, 0.3) is 6.08 Å². The Labute approximate surface area is 185 Å². The summed E-state index contributed by atoms with van der Waals surface area (Å²) in [7, 11) is -4.02. The minimum absolute atomic E-state index is 0. The van der Waals surface area contributed by atoms with Gasteiger partial charge in [-0.15, -0.1) is 0 Å². The minimum Gasteiger partial charge on any atom is -1.00 e. The fraction of sp³-hybridized carbons (Fsp3) is 0.222. The Morgan fingerprint density at radius 3 is 2.68 bits per heavy atom. The molecule has 0 saturated carbocycles. The summed E-state index contributed by atoms with van der Waals surface area (Å²) >= 11 is 0. The number of pyridine rings is 1. The summed E-state index contributed by atoms with van der Waals surface area (Å²) in [4.78, 5) is 26.5. The molecule has 1 aromatic carbocycles. The predicted molar refractivity (Wildman–Crippen MR) is 101 cm³/mol. The van der Waals surface area contributed by atoms with Gasteiger partial charge >= 0.3 is 29.6 Å². The molecule has 0 fully saturated rings. The summed E-state index contributed by atoms with van der Waals surface area (Å²) in [6, 6.07) is 7.95. The topological polar surface area (TPSA) is 134 Å². The Morgan fingerprint density at radius 1 is 1.32 bits per heavy atom. The fourth-order valence-corrected chi connectivity index (χ4v) is 2.79.